The fourth-order valence-electron chi connectivity index (χ4n) is 0.859. The van der Waals surface area contributed by atoms with Gasteiger partial charge in [-0.3, -0.25) is 0 Å². The third kappa shape index (κ3) is 12.8. The van der Waals surface area contributed by atoms with E-state index in [1.54, 1.807) is 0 Å². The van der Waals surface area contributed by atoms with Gasteiger partial charge < -0.3 is 25.1 Å². The van der Waals surface area contributed by atoms with E-state index in [1.807, 2.05) is 6.92 Å². The van der Waals surface area contributed by atoms with E-state index in [0.29, 0.717) is 6.54 Å². The Balaban J connectivity index is -0.000000720. The number of aliphatic carboxylic acids is 2. The van der Waals surface area contributed by atoms with Gasteiger partial charge in [-0.15, -0.1) is 0 Å². The number of carboxylic acids is 2. The molecule has 15 heavy (non-hydrogen) atoms. The van der Waals surface area contributed by atoms with Crippen LogP contribution in [0.25, 0.3) is 0 Å². The van der Waals surface area contributed by atoms with Gasteiger partial charge in [0.2, 0.25) is 0 Å². The fourth-order valence-corrected chi connectivity index (χ4v) is 0.859. The Bertz CT molecular complexity index is 189. The van der Waals surface area contributed by atoms with Crippen LogP contribution in [0.1, 0.15) is 26.2 Å². The summed E-state index contributed by atoms with van der Waals surface area (Å²) in [6.45, 7) is 2.43. The van der Waals surface area contributed by atoms with Gasteiger partial charge in [0.25, 0.3) is 0 Å². The molecule has 0 spiro atoms. The maximum atomic E-state index is 10.4. The molecule has 0 amide bonds. The summed E-state index contributed by atoms with van der Waals surface area (Å²) in [4.78, 5) is 20.5. The van der Waals surface area contributed by atoms with Gasteiger partial charge >= 0.3 is 59.1 Å². The molecule has 0 aromatic heterocycles. The summed E-state index contributed by atoms with van der Waals surface area (Å²) in [5.41, 5.74) is 0. The fraction of sp³-hybridized carbons (Fsp3) is 0.750. The molecule has 76 valence electrons. The van der Waals surface area contributed by atoms with E-state index in [9.17, 15) is 19.8 Å². The van der Waals surface area contributed by atoms with Gasteiger partial charge in [0.15, 0.2) is 0 Å². The van der Waals surface area contributed by atoms with Gasteiger partial charge in [-0.25, -0.2) is 0 Å². The van der Waals surface area contributed by atoms with Crippen LogP contribution in [0.15, 0.2) is 0 Å². The van der Waals surface area contributed by atoms with E-state index in [2.05, 4.69) is 5.32 Å². The number of carbonyl (C=O) groups is 2. The largest absolute Gasteiger partial charge is 1.00 e. The van der Waals surface area contributed by atoms with Crippen molar-refractivity contribution >= 4 is 11.9 Å². The first kappa shape index (κ1) is 21.2. The topological polar surface area (TPSA) is 92.3 Å². The summed E-state index contributed by atoms with van der Waals surface area (Å²) < 4.78 is 0. The Morgan fingerprint density at radius 3 is 2.13 bits per heavy atom. The van der Waals surface area contributed by atoms with Crippen LogP contribution in [0.3, 0.4) is 0 Å². The van der Waals surface area contributed by atoms with Crippen LogP contribution in [-0.4, -0.2) is 24.5 Å². The minimum atomic E-state index is -1.40. The summed E-state index contributed by atoms with van der Waals surface area (Å²) in [7, 11) is 0. The molecule has 0 aliphatic heterocycles. The SMILES string of the molecule is CCCCNC(CC(=O)[O-])C(=O)[O-].[Na+].[Na+]. The molecule has 0 aliphatic rings. The van der Waals surface area contributed by atoms with Gasteiger partial charge in [0, 0.05) is 12.4 Å². The van der Waals surface area contributed by atoms with Gasteiger partial charge in [0.05, 0.1) is 12.0 Å². The molecular formula is C8H13NNa2O4. The molecule has 0 aromatic carbocycles. The minimum absolute atomic E-state index is 0. The predicted octanol–water partition coefficient (Wildman–Crippen LogP) is -8.36. The monoisotopic (exact) mass is 233 g/mol. The quantitative estimate of drug-likeness (QED) is 0.348. The molecule has 0 saturated heterocycles. The third-order valence-electron chi connectivity index (χ3n) is 1.58. The number of unbranched alkanes of at least 4 members (excludes halogenated alkanes) is 1. The summed E-state index contributed by atoms with van der Waals surface area (Å²) in [5, 5.41) is 23.0. The smallest absolute Gasteiger partial charge is 0.550 e. The first-order valence-corrected chi connectivity index (χ1v) is 4.22. The molecule has 1 unspecified atom stereocenters. The Hall–Kier alpha value is 0.900. The molecule has 0 saturated carbocycles. The second kappa shape index (κ2) is 13.0. The van der Waals surface area contributed by atoms with Crippen LogP contribution in [0.5, 0.6) is 0 Å². The number of nitrogens with one attached hydrogen (secondary N) is 1. The molecule has 1 N–H and O–H groups in total. The molecule has 0 aliphatic carbocycles. The molecule has 0 bridgehead atoms. The van der Waals surface area contributed by atoms with Gasteiger partial charge in [-0.2, -0.15) is 0 Å². The third-order valence-corrected chi connectivity index (χ3v) is 1.58. The van der Waals surface area contributed by atoms with E-state index < -0.39 is 24.4 Å². The van der Waals surface area contributed by atoms with E-state index >= 15 is 0 Å². The van der Waals surface area contributed by atoms with Crippen molar-refractivity contribution in [2.24, 2.45) is 0 Å². The Labute approximate surface area is 134 Å². The first-order valence-electron chi connectivity index (χ1n) is 4.22. The average molecular weight is 233 g/mol. The summed E-state index contributed by atoms with van der Waals surface area (Å²) in [5.74, 6) is -2.79. The van der Waals surface area contributed by atoms with Gasteiger partial charge in [-0.05, 0) is 13.0 Å². The molecule has 1 atom stereocenters. The van der Waals surface area contributed by atoms with Crippen molar-refractivity contribution in [3.63, 3.8) is 0 Å². The Morgan fingerprint density at radius 1 is 1.27 bits per heavy atom. The molecule has 5 nitrogen and oxygen atoms in total. The average Bonchev–Trinajstić information content (AvgIpc) is 2.02. The summed E-state index contributed by atoms with van der Waals surface area (Å²) >= 11 is 0. The van der Waals surface area contributed by atoms with Crippen LogP contribution in [0, 0.1) is 0 Å². The van der Waals surface area contributed by atoms with Crippen LogP contribution in [0.4, 0.5) is 0 Å². The molecule has 0 rings (SSSR count). The van der Waals surface area contributed by atoms with Gasteiger partial charge in [-0.1, -0.05) is 13.3 Å². The van der Waals surface area contributed by atoms with Crippen molar-refractivity contribution in [2.45, 2.75) is 32.2 Å². The van der Waals surface area contributed by atoms with Crippen LogP contribution < -0.4 is 74.6 Å². The normalized spacial score (nSPS) is 10.7. The van der Waals surface area contributed by atoms with Gasteiger partial charge in [0.1, 0.15) is 0 Å². The molecule has 0 heterocycles. The Morgan fingerprint density at radius 2 is 1.80 bits per heavy atom. The minimum Gasteiger partial charge on any atom is -0.550 e. The predicted molar refractivity (Wildman–Crippen MR) is 41.3 cm³/mol. The molecule has 0 fully saturated rings. The van der Waals surface area contributed by atoms with Crippen molar-refractivity contribution in [1.82, 2.24) is 5.32 Å². The van der Waals surface area contributed by atoms with Crippen molar-refractivity contribution in [2.75, 3.05) is 6.54 Å². The number of hydrogen-bond acceptors (Lipinski definition) is 5. The molecule has 0 radical (unpaired) electrons. The zero-order valence-electron chi connectivity index (χ0n) is 9.54. The van der Waals surface area contributed by atoms with Crippen molar-refractivity contribution < 1.29 is 78.9 Å². The summed E-state index contributed by atoms with van der Waals surface area (Å²) in [6.07, 6.45) is 1.17. The number of rotatable bonds is 7. The first-order chi connectivity index (χ1) is 6.07. The molecule has 0 aromatic rings. The van der Waals surface area contributed by atoms with Crippen molar-refractivity contribution in [3.8, 4) is 0 Å². The second-order valence-electron chi connectivity index (χ2n) is 2.76. The van der Waals surface area contributed by atoms with E-state index in [4.69, 9.17) is 0 Å². The number of hydrogen-bond donors (Lipinski definition) is 1. The van der Waals surface area contributed by atoms with E-state index in [-0.39, 0.29) is 59.1 Å². The number of carboxylic acid groups (broad SMARTS) is 2. The number of carbonyl (C=O) groups excluding carboxylic acids is 2. The molecule has 7 heteroatoms. The molecular weight excluding hydrogens is 220 g/mol. The van der Waals surface area contributed by atoms with E-state index in [1.165, 1.54) is 0 Å². The standard InChI is InChI=1S/C8H15NO4.2Na/c1-2-3-4-9-6(8(12)13)5-7(10)11;;/h6,9H,2-5H2,1H3,(H,10,11)(H,12,13);;/q;2*+1/p-2. The summed E-state index contributed by atoms with van der Waals surface area (Å²) in [6, 6.07) is -1.14. The Kier molecular flexibility index (Phi) is 18.3. The van der Waals surface area contributed by atoms with Crippen LogP contribution >= 0.6 is 0 Å². The maximum Gasteiger partial charge on any atom is 1.00 e. The zero-order valence-corrected chi connectivity index (χ0v) is 13.5. The maximum absolute atomic E-state index is 10.4. The second-order valence-corrected chi connectivity index (χ2v) is 2.76. The van der Waals surface area contributed by atoms with Crippen molar-refractivity contribution in [1.29, 1.82) is 0 Å². The van der Waals surface area contributed by atoms with E-state index in [0.717, 1.165) is 12.8 Å². The zero-order chi connectivity index (χ0) is 10.3. The van der Waals surface area contributed by atoms with Crippen LogP contribution in [0.2, 0.25) is 0 Å². The van der Waals surface area contributed by atoms with Crippen molar-refractivity contribution in [3.05, 3.63) is 0 Å². The van der Waals surface area contributed by atoms with Crippen LogP contribution in [-0.2, 0) is 9.59 Å².